The van der Waals surface area contributed by atoms with Crippen LogP contribution < -0.4 is 0 Å². The predicted octanol–water partition coefficient (Wildman–Crippen LogP) is 3.85. The Morgan fingerprint density at radius 3 is 1.94 bits per heavy atom. The Bertz CT molecular complexity index is 184. The Morgan fingerprint density at radius 1 is 0.944 bits per heavy atom. The number of hydrogen-bond acceptors (Lipinski definition) is 3. The third-order valence-electron chi connectivity index (χ3n) is 3.75. The molecule has 0 fully saturated rings. The van der Waals surface area contributed by atoms with E-state index >= 15 is 0 Å². The summed E-state index contributed by atoms with van der Waals surface area (Å²) in [5, 5.41) is 9.42. The van der Waals surface area contributed by atoms with Gasteiger partial charge in [-0.05, 0) is 25.4 Å². The average molecular weight is 276 g/mol. The van der Waals surface area contributed by atoms with Crippen LogP contribution in [-0.2, 0) is 8.85 Å². The highest BCUT2D eigenvalue weighted by Gasteiger charge is 2.27. The van der Waals surface area contributed by atoms with Gasteiger partial charge in [0.05, 0.1) is 6.10 Å². The van der Waals surface area contributed by atoms with E-state index in [0.717, 1.165) is 25.3 Å². The smallest absolute Gasteiger partial charge is 0.334 e. The van der Waals surface area contributed by atoms with E-state index in [9.17, 15) is 5.11 Å². The second-order valence-corrected chi connectivity index (χ2v) is 8.85. The maximum atomic E-state index is 9.42. The lowest BCUT2D eigenvalue weighted by Gasteiger charge is -2.22. The molecule has 0 heterocycles. The van der Waals surface area contributed by atoms with Gasteiger partial charge in [0.1, 0.15) is 0 Å². The topological polar surface area (TPSA) is 38.7 Å². The Hall–Kier alpha value is 0.0969. The Morgan fingerprint density at radius 2 is 1.44 bits per heavy atom. The van der Waals surface area contributed by atoms with Crippen molar-refractivity contribution in [3.8, 4) is 0 Å². The van der Waals surface area contributed by atoms with Crippen LogP contribution in [-0.4, -0.2) is 34.0 Å². The Kier molecular flexibility index (Phi) is 11.0. The predicted molar refractivity (Wildman–Crippen MR) is 79.1 cm³/mol. The Balaban J connectivity index is 3.31. The van der Waals surface area contributed by atoms with Crippen LogP contribution in [0.15, 0.2) is 0 Å². The minimum absolute atomic E-state index is 0.0832. The molecule has 0 aliphatic heterocycles. The number of aliphatic hydroxyl groups is 1. The SMILES string of the molecule is CCC(O)CCCCCCCC[Si](C)(OC)OC. The number of unbranched alkanes of at least 4 members (excludes halogenated alkanes) is 5. The minimum atomic E-state index is -1.83. The van der Waals surface area contributed by atoms with Gasteiger partial charge in [-0.1, -0.05) is 45.4 Å². The lowest BCUT2D eigenvalue weighted by Crippen LogP contribution is -2.35. The normalized spacial score (nSPS) is 13.8. The molecular formula is C14H32O3Si. The summed E-state index contributed by atoms with van der Waals surface area (Å²) in [7, 11) is 1.69. The lowest BCUT2D eigenvalue weighted by molar-refractivity contribution is 0.156. The van der Waals surface area contributed by atoms with Gasteiger partial charge in [-0.2, -0.15) is 0 Å². The number of aliphatic hydroxyl groups excluding tert-OH is 1. The second-order valence-electron chi connectivity index (χ2n) is 5.26. The van der Waals surface area contributed by atoms with E-state index in [1.807, 2.05) is 6.92 Å². The van der Waals surface area contributed by atoms with Crippen LogP contribution in [0.2, 0.25) is 12.6 Å². The van der Waals surface area contributed by atoms with E-state index in [0.29, 0.717) is 0 Å². The summed E-state index contributed by atoms with van der Waals surface area (Å²) in [4.78, 5) is 0. The van der Waals surface area contributed by atoms with Crippen LogP contribution >= 0.6 is 0 Å². The Labute approximate surface area is 114 Å². The third-order valence-corrected chi connectivity index (χ3v) is 6.74. The van der Waals surface area contributed by atoms with Crippen molar-refractivity contribution in [2.75, 3.05) is 14.2 Å². The summed E-state index contributed by atoms with van der Waals surface area (Å²) in [5.41, 5.74) is 0. The van der Waals surface area contributed by atoms with Gasteiger partial charge in [0.15, 0.2) is 0 Å². The monoisotopic (exact) mass is 276 g/mol. The molecular weight excluding hydrogens is 244 g/mol. The van der Waals surface area contributed by atoms with Crippen LogP contribution in [0, 0.1) is 0 Å². The van der Waals surface area contributed by atoms with Crippen LogP contribution in [0.3, 0.4) is 0 Å². The zero-order chi connectivity index (χ0) is 13.9. The molecule has 0 spiro atoms. The van der Waals surface area contributed by atoms with Crippen molar-refractivity contribution < 1.29 is 14.0 Å². The van der Waals surface area contributed by atoms with Crippen LogP contribution in [0.5, 0.6) is 0 Å². The number of hydrogen-bond donors (Lipinski definition) is 1. The summed E-state index contributed by atoms with van der Waals surface area (Å²) < 4.78 is 10.9. The molecule has 0 saturated carbocycles. The third kappa shape index (κ3) is 9.08. The standard InChI is InChI=1S/C14H32O3Si/c1-5-14(15)12-10-8-6-7-9-11-13-18(4,16-2)17-3/h14-15H,5-13H2,1-4H3. The molecule has 0 rings (SSSR count). The van der Waals surface area contributed by atoms with Gasteiger partial charge >= 0.3 is 8.56 Å². The van der Waals surface area contributed by atoms with Crippen molar-refractivity contribution in [1.82, 2.24) is 0 Å². The van der Waals surface area contributed by atoms with E-state index in [1.165, 1.54) is 32.1 Å². The van der Waals surface area contributed by atoms with Gasteiger partial charge in [0.2, 0.25) is 0 Å². The first-order valence-electron chi connectivity index (χ1n) is 7.36. The molecule has 0 amide bonds. The van der Waals surface area contributed by atoms with E-state index in [1.54, 1.807) is 14.2 Å². The lowest BCUT2D eigenvalue weighted by atomic mass is 10.1. The summed E-state index contributed by atoms with van der Waals surface area (Å²) >= 11 is 0. The highest BCUT2D eigenvalue weighted by Crippen LogP contribution is 2.17. The zero-order valence-corrected chi connectivity index (χ0v) is 13.7. The van der Waals surface area contributed by atoms with Crippen molar-refractivity contribution in [2.24, 2.45) is 0 Å². The molecule has 1 atom stereocenters. The molecule has 3 nitrogen and oxygen atoms in total. The van der Waals surface area contributed by atoms with Gasteiger partial charge < -0.3 is 14.0 Å². The van der Waals surface area contributed by atoms with Crippen molar-refractivity contribution in [3.63, 3.8) is 0 Å². The second kappa shape index (κ2) is 11.0. The molecule has 0 aromatic rings. The van der Waals surface area contributed by atoms with Crippen molar-refractivity contribution in [3.05, 3.63) is 0 Å². The molecule has 0 aliphatic carbocycles. The molecule has 1 N–H and O–H groups in total. The highest BCUT2D eigenvalue weighted by molar-refractivity contribution is 6.65. The average Bonchev–Trinajstić information content (AvgIpc) is 2.41. The van der Waals surface area contributed by atoms with Crippen LogP contribution in [0.1, 0.15) is 58.3 Å². The molecule has 0 radical (unpaired) electrons. The van der Waals surface area contributed by atoms with Crippen LogP contribution in [0.25, 0.3) is 0 Å². The van der Waals surface area contributed by atoms with Gasteiger partial charge in [-0.3, -0.25) is 0 Å². The molecule has 1 unspecified atom stereocenters. The fraction of sp³-hybridized carbons (Fsp3) is 1.00. The van der Waals surface area contributed by atoms with Gasteiger partial charge in [0, 0.05) is 14.2 Å². The van der Waals surface area contributed by atoms with Crippen molar-refractivity contribution >= 4 is 8.56 Å². The summed E-state index contributed by atoms with van der Waals surface area (Å²) in [6.45, 7) is 4.16. The first kappa shape index (κ1) is 18.1. The maximum Gasteiger partial charge on any atom is 0.334 e. The number of rotatable bonds is 12. The fourth-order valence-corrected chi connectivity index (χ4v) is 3.49. The summed E-state index contributed by atoms with van der Waals surface area (Å²) in [6, 6.07) is 1.09. The van der Waals surface area contributed by atoms with Crippen molar-refractivity contribution in [2.45, 2.75) is 77.0 Å². The summed E-state index contributed by atoms with van der Waals surface area (Å²) in [5.74, 6) is 0. The first-order valence-corrected chi connectivity index (χ1v) is 9.88. The molecule has 4 heteroatoms. The molecule has 0 aliphatic rings. The van der Waals surface area contributed by atoms with Crippen molar-refractivity contribution in [1.29, 1.82) is 0 Å². The van der Waals surface area contributed by atoms with Gasteiger partial charge in [0.25, 0.3) is 0 Å². The van der Waals surface area contributed by atoms with Gasteiger partial charge in [-0.25, -0.2) is 0 Å². The quantitative estimate of drug-likeness (QED) is 0.434. The van der Waals surface area contributed by atoms with E-state index < -0.39 is 8.56 Å². The molecule has 110 valence electrons. The summed E-state index contributed by atoms with van der Waals surface area (Å²) in [6.07, 6.45) is 9.24. The fourth-order valence-electron chi connectivity index (χ4n) is 2.02. The zero-order valence-electron chi connectivity index (χ0n) is 12.7. The minimum Gasteiger partial charge on any atom is -0.398 e. The maximum absolute atomic E-state index is 9.42. The van der Waals surface area contributed by atoms with Crippen LogP contribution in [0.4, 0.5) is 0 Å². The molecule has 0 saturated heterocycles. The van der Waals surface area contributed by atoms with E-state index in [4.69, 9.17) is 8.85 Å². The molecule has 0 aromatic carbocycles. The highest BCUT2D eigenvalue weighted by atomic mass is 28.4. The molecule has 0 aromatic heterocycles. The largest absolute Gasteiger partial charge is 0.398 e. The first-order chi connectivity index (χ1) is 8.58. The van der Waals surface area contributed by atoms with Gasteiger partial charge in [-0.15, -0.1) is 0 Å². The van der Waals surface area contributed by atoms with E-state index in [-0.39, 0.29) is 6.10 Å². The molecule has 18 heavy (non-hydrogen) atoms. The van der Waals surface area contributed by atoms with E-state index in [2.05, 4.69) is 6.55 Å². The molecule has 0 bridgehead atoms.